The predicted molar refractivity (Wildman–Crippen MR) is 113 cm³/mol. The Kier molecular flexibility index (Phi) is 5.69. The fourth-order valence-corrected chi connectivity index (χ4v) is 5.46. The highest BCUT2D eigenvalue weighted by molar-refractivity contribution is 9.11. The minimum atomic E-state index is -1.04. The molecule has 0 bridgehead atoms. The molecule has 2 spiro atoms. The number of carbonyl (C=O) groups is 1. The topological polar surface area (TPSA) is 67.9 Å². The molecule has 0 saturated heterocycles. The molecule has 1 aliphatic heterocycles. The lowest BCUT2D eigenvalue weighted by atomic mass is 9.56. The van der Waals surface area contributed by atoms with Crippen LogP contribution in [-0.2, 0) is 9.53 Å². The van der Waals surface area contributed by atoms with Crippen LogP contribution in [0.15, 0.2) is 39.9 Å². The Balaban J connectivity index is 2.16. The Morgan fingerprint density at radius 1 is 1.37 bits per heavy atom. The molecule has 1 atom stereocenters. The number of hydrogen-bond donors (Lipinski definition) is 1. The first kappa shape index (κ1) is 20.3. The van der Waals surface area contributed by atoms with Gasteiger partial charge in [0.05, 0.1) is 6.10 Å². The van der Waals surface area contributed by atoms with Crippen molar-refractivity contribution in [3.05, 3.63) is 34.9 Å². The van der Waals surface area contributed by atoms with Crippen LogP contribution in [0.5, 0.6) is 0 Å². The number of nitrogens with zero attached hydrogens (tertiary/aromatic N) is 2. The molecule has 3 aliphatic rings. The first-order chi connectivity index (χ1) is 12.8. The lowest BCUT2D eigenvalue weighted by Gasteiger charge is -2.49. The van der Waals surface area contributed by atoms with Crippen molar-refractivity contribution in [1.82, 2.24) is 4.90 Å². The molecule has 148 valence electrons. The van der Waals surface area contributed by atoms with E-state index in [2.05, 4.69) is 28.6 Å². The van der Waals surface area contributed by atoms with Crippen molar-refractivity contribution in [3.63, 3.8) is 0 Å². The van der Waals surface area contributed by atoms with Crippen molar-refractivity contribution < 1.29 is 9.53 Å². The fraction of sp³-hybridized carbons (Fsp3) is 0.619. The summed E-state index contributed by atoms with van der Waals surface area (Å²) in [6, 6.07) is -0.0426. The highest BCUT2D eigenvalue weighted by atomic mass is 79.9. The van der Waals surface area contributed by atoms with E-state index in [1.165, 1.54) is 0 Å². The number of allylic oxidation sites excluding steroid dienone is 3. The van der Waals surface area contributed by atoms with Crippen molar-refractivity contribution in [2.24, 2.45) is 16.1 Å². The summed E-state index contributed by atoms with van der Waals surface area (Å²) in [4.78, 5) is 20.4. The summed E-state index contributed by atoms with van der Waals surface area (Å²) in [5.74, 6) is 0.274. The highest BCUT2D eigenvalue weighted by Crippen LogP contribution is 2.56. The molecular weight excluding hydrogens is 406 g/mol. The van der Waals surface area contributed by atoms with Crippen LogP contribution in [0.4, 0.5) is 0 Å². The molecule has 1 heterocycles. The number of methoxy groups -OCH3 is 1. The third-order valence-electron chi connectivity index (χ3n) is 6.41. The molecule has 1 amide bonds. The van der Waals surface area contributed by atoms with Gasteiger partial charge < -0.3 is 10.5 Å². The SMILES string of the molecule is C=C1/C=C(Br)\C=C/CCC2(CCC(OC)CC2)C12N=C(N)N(C(C)C)C2=O. The molecule has 1 unspecified atom stereocenters. The van der Waals surface area contributed by atoms with E-state index in [4.69, 9.17) is 15.5 Å². The molecule has 0 radical (unpaired) electrons. The van der Waals surface area contributed by atoms with E-state index in [9.17, 15) is 4.79 Å². The lowest BCUT2D eigenvalue weighted by molar-refractivity contribution is -0.137. The number of hydrogen-bond acceptors (Lipinski definition) is 4. The van der Waals surface area contributed by atoms with Crippen LogP contribution < -0.4 is 5.73 Å². The van der Waals surface area contributed by atoms with E-state index in [0.717, 1.165) is 43.0 Å². The Hall–Kier alpha value is -1.40. The number of fused-ring (bicyclic) bond motifs is 1. The van der Waals surface area contributed by atoms with Gasteiger partial charge in [-0.2, -0.15) is 0 Å². The van der Waals surface area contributed by atoms with Crippen LogP contribution in [-0.4, -0.2) is 41.6 Å². The lowest BCUT2D eigenvalue weighted by Crippen LogP contribution is -2.58. The van der Waals surface area contributed by atoms with E-state index in [1.54, 1.807) is 12.0 Å². The number of halogens is 1. The maximum absolute atomic E-state index is 13.8. The quantitative estimate of drug-likeness (QED) is 0.710. The molecule has 27 heavy (non-hydrogen) atoms. The second-order valence-corrected chi connectivity index (χ2v) is 9.08. The normalized spacial score (nSPS) is 37.8. The van der Waals surface area contributed by atoms with Gasteiger partial charge in [-0.1, -0.05) is 34.7 Å². The van der Waals surface area contributed by atoms with E-state index in [0.29, 0.717) is 11.5 Å². The van der Waals surface area contributed by atoms with Crippen LogP contribution >= 0.6 is 15.9 Å². The second-order valence-electron chi connectivity index (χ2n) is 8.16. The van der Waals surface area contributed by atoms with Crippen molar-refractivity contribution in [3.8, 4) is 0 Å². The monoisotopic (exact) mass is 435 g/mol. The minimum absolute atomic E-state index is 0.0330. The number of aliphatic imine (C=N–C) groups is 1. The summed E-state index contributed by atoms with van der Waals surface area (Å²) in [5, 5.41) is 0. The summed E-state index contributed by atoms with van der Waals surface area (Å²) in [5.41, 5.74) is 5.66. The number of ether oxygens (including phenoxy) is 1. The van der Waals surface area contributed by atoms with Gasteiger partial charge in [0.1, 0.15) is 0 Å². The van der Waals surface area contributed by atoms with Gasteiger partial charge in [0.25, 0.3) is 5.91 Å². The van der Waals surface area contributed by atoms with E-state index < -0.39 is 5.54 Å². The number of nitrogens with two attached hydrogens (primary N) is 1. The summed E-state index contributed by atoms with van der Waals surface area (Å²) < 4.78 is 6.50. The highest BCUT2D eigenvalue weighted by Gasteiger charge is 2.63. The molecule has 2 N–H and O–H groups in total. The van der Waals surface area contributed by atoms with Gasteiger partial charge in [0.2, 0.25) is 0 Å². The van der Waals surface area contributed by atoms with Crippen molar-refractivity contribution in [2.45, 2.75) is 70.1 Å². The third-order valence-corrected chi connectivity index (χ3v) is 6.90. The van der Waals surface area contributed by atoms with Crippen LogP contribution in [0.1, 0.15) is 52.4 Å². The number of carbonyl (C=O) groups excluding carboxylic acids is 1. The van der Waals surface area contributed by atoms with Crippen LogP contribution in [0.2, 0.25) is 0 Å². The number of amides is 1. The number of rotatable bonds is 2. The first-order valence-corrected chi connectivity index (χ1v) is 10.5. The van der Waals surface area contributed by atoms with Crippen LogP contribution in [0, 0.1) is 5.41 Å². The molecule has 0 aromatic rings. The van der Waals surface area contributed by atoms with E-state index >= 15 is 0 Å². The summed E-state index contributed by atoms with van der Waals surface area (Å²) in [7, 11) is 1.76. The fourth-order valence-electron chi connectivity index (χ4n) is 4.99. The van der Waals surface area contributed by atoms with Gasteiger partial charge in [-0.05, 0) is 64.0 Å². The average molecular weight is 436 g/mol. The Labute approximate surface area is 170 Å². The Morgan fingerprint density at radius 2 is 2.04 bits per heavy atom. The smallest absolute Gasteiger partial charge is 0.262 e. The Bertz CT molecular complexity index is 717. The average Bonchev–Trinajstić information content (AvgIpc) is 2.92. The van der Waals surface area contributed by atoms with Gasteiger partial charge in [-0.15, -0.1) is 0 Å². The molecule has 3 rings (SSSR count). The summed E-state index contributed by atoms with van der Waals surface area (Å²) in [6.07, 6.45) is 11.7. The summed E-state index contributed by atoms with van der Waals surface area (Å²) >= 11 is 3.58. The second kappa shape index (κ2) is 7.55. The Morgan fingerprint density at radius 3 is 2.59 bits per heavy atom. The minimum Gasteiger partial charge on any atom is -0.381 e. The third kappa shape index (κ3) is 3.21. The van der Waals surface area contributed by atoms with Crippen molar-refractivity contribution in [1.29, 1.82) is 0 Å². The van der Waals surface area contributed by atoms with Crippen LogP contribution in [0.3, 0.4) is 0 Å². The first-order valence-electron chi connectivity index (χ1n) is 9.72. The van der Waals surface area contributed by atoms with E-state index in [-0.39, 0.29) is 23.5 Å². The zero-order valence-electron chi connectivity index (χ0n) is 16.5. The van der Waals surface area contributed by atoms with Gasteiger partial charge in [0, 0.05) is 23.0 Å². The molecule has 0 aromatic heterocycles. The van der Waals surface area contributed by atoms with Crippen LogP contribution in [0.25, 0.3) is 0 Å². The van der Waals surface area contributed by atoms with Crippen molar-refractivity contribution in [2.75, 3.05) is 7.11 Å². The van der Waals surface area contributed by atoms with Crippen molar-refractivity contribution >= 4 is 27.8 Å². The molecule has 0 aromatic carbocycles. The maximum Gasteiger partial charge on any atom is 0.262 e. The standard InChI is InChI=1S/C21H30BrN3O2/c1-14(2)25-18(26)21(24-19(25)23)15(3)13-16(22)7-5-6-10-20(21)11-8-17(27-4)9-12-20/h5,7,13-14,17H,3,6,8-12H2,1-2,4H3,(H2,23,24)/b7-5-,16-13+. The largest absolute Gasteiger partial charge is 0.381 e. The molecule has 1 saturated carbocycles. The molecule has 2 aliphatic carbocycles. The zero-order chi connectivity index (χ0) is 19.8. The molecule has 6 heteroatoms. The summed E-state index contributed by atoms with van der Waals surface area (Å²) in [6.45, 7) is 8.27. The van der Waals surface area contributed by atoms with Gasteiger partial charge in [-0.3, -0.25) is 9.69 Å². The predicted octanol–water partition coefficient (Wildman–Crippen LogP) is 4.05. The van der Waals surface area contributed by atoms with Gasteiger partial charge in [-0.25, -0.2) is 4.99 Å². The molecule has 1 fully saturated rings. The van der Waals surface area contributed by atoms with Gasteiger partial charge in [0.15, 0.2) is 11.5 Å². The molecule has 5 nitrogen and oxygen atoms in total. The van der Waals surface area contributed by atoms with Gasteiger partial charge >= 0.3 is 0 Å². The number of guanidine groups is 1. The zero-order valence-corrected chi connectivity index (χ0v) is 18.1. The maximum atomic E-state index is 13.8. The van der Waals surface area contributed by atoms with E-state index in [1.807, 2.05) is 26.0 Å². The molecular formula is C21H30BrN3O2.